The zero-order chi connectivity index (χ0) is 13.4. The summed E-state index contributed by atoms with van der Waals surface area (Å²) in [7, 11) is 0. The van der Waals surface area contributed by atoms with E-state index in [0.717, 1.165) is 0 Å². The molecule has 4 nitrogen and oxygen atoms in total. The van der Waals surface area contributed by atoms with Gasteiger partial charge in [-0.15, -0.1) is 6.58 Å². The van der Waals surface area contributed by atoms with Crippen molar-refractivity contribution < 1.29 is 19.7 Å². The van der Waals surface area contributed by atoms with Gasteiger partial charge in [0.25, 0.3) is 0 Å². The number of hydrogen-bond donors (Lipinski definition) is 2. The molecule has 0 heterocycles. The van der Waals surface area contributed by atoms with Crippen LogP contribution in [0, 0.1) is 0 Å². The smallest absolute Gasteiger partial charge is 0.338 e. The van der Waals surface area contributed by atoms with Gasteiger partial charge in [0.1, 0.15) is 6.61 Å². The van der Waals surface area contributed by atoms with E-state index in [1.807, 2.05) is 0 Å². The van der Waals surface area contributed by atoms with Gasteiger partial charge >= 0.3 is 5.97 Å². The predicted octanol–water partition coefficient (Wildman–Crippen LogP) is 1.53. The number of carbonyl (C=O) groups is 1. The molecular weight excluding hydrogens is 232 g/mol. The number of rotatable bonds is 7. The number of ether oxygens (including phenoxy) is 1. The second kappa shape index (κ2) is 7.63. The quantitative estimate of drug-likeness (QED) is 0.569. The Bertz CT molecular complexity index is 375. The third-order valence-corrected chi connectivity index (χ3v) is 2.40. The van der Waals surface area contributed by atoms with E-state index in [0.29, 0.717) is 12.0 Å². The lowest BCUT2D eigenvalue weighted by atomic mass is 10.1. The van der Waals surface area contributed by atoms with Gasteiger partial charge in [0.05, 0.1) is 17.8 Å². The minimum Gasteiger partial charge on any atom is -0.459 e. The van der Waals surface area contributed by atoms with Crippen molar-refractivity contribution in [2.75, 3.05) is 6.61 Å². The van der Waals surface area contributed by atoms with Crippen LogP contribution < -0.4 is 0 Å². The second-order valence-corrected chi connectivity index (χ2v) is 4.03. The van der Waals surface area contributed by atoms with Crippen LogP contribution in [0.4, 0.5) is 0 Å². The first-order valence-electron chi connectivity index (χ1n) is 5.82. The predicted molar refractivity (Wildman–Crippen MR) is 68.2 cm³/mol. The molecule has 0 amide bonds. The summed E-state index contributed by atoms with van der Waals surface area (Å²) in [6.45, 7) is 3.37. The average molecular weight is 250 g/mol. The van der Waals surface area contributed by atoms with Gasteiger partial charge in [-0.05, 0) is 18.6 Å². The minimum absolute atomic E-state index is 0.123. The van der Waals surface area contributed by atoms with E-state index in [-0.39, 0.29) is 13.0 Å². The van der Waals surface area contributed by atoms with E-state index >= 15 is 0 Å². The Balaban J connectivity index is 2.32. The molecular formula is C14H18O4. The summed E-state index contributed by atoms with van der Waals surface area (Å²) in [6.07, 6.45) is 0.617. The van der Waals surface area contributed by atoms with Crippen molar-refractivity contribution in [1.82, 2.24) is 0 Å². The molecule has 2 atom stereocenters. The molecule has 1 rings (SSSR count). The molecule has 0 saturated carbocycles. The Hall–Kier alpha value is -1.65. The summed E-state index contributed by atoms with van der Waals surface area (Å²) in [4.78, 5) is 11.5. The van der Waals surface area contributed by atoms with Crippen LogP contribution in [0.3, 0.4) is 0 Å². The first-order chi connectivity index (χ1) is 8.63. The topological polar surface area (TPSA) is 66.8 Å². The Morgan fingerprint density at radius 3 is 2.56 bits per heavy atom. The molecule has 1 aromatic rings. The number of esters is 1. The molecule has 0 aliphatic carbocycles. The fourth-order valence-electron chi connectivity index (χ4n) is 1.50. The number of hydrogen-bond acceptors (Lipinski definition) is 4. The lowest BCUT2D eigenvalue weighted by molar-refractivity contribution is 0.00975. The van der Waals surface area contributed by atoms with Gasteiger partial charge < -0.3 is 14.9 Å². The zero-order valence-electron chi connectivity index (χ0n) is 10.2. The van der Waals surface area contributed by atoms with Crippen molar-refractivity contribution in [3.63, 3.8) is 0 Å². The molecule has 2 N–H and O–H groups in total. The highest BCUT2D eigenvalue weighted by Gasteiger charge is 2.14. The van der Waals surface area contributed by atoms with Gasteiger partial charge in [-0.2, -0.15) is 0 Å². The van der Waals surface area contributed by atoms with E-state index in [1.165, 1.54) is 0 Å². The molecule has 0 bridgehead atoms. The second-order valence-electron chi connectivity index (χ2n) is 4.03. The summed E-state index contributed by atoms with van der Waals surface area (Å²) in [5.74, 6) is -0.479. The molecule has 0 radical (unpaired) electrons. The molecule has 0 fully saturated rings. The Morgan fingerprint density at radius 1 is 1.28 bits per heavy atom. The molecule has 0 spiro atoms. The molecule has 0 aliphatic rings. The molecule has 4 heteroatoms. The van der Waals surface area contributed by atoms with E-state index < -0.39 is 18.2 Å². The molecule has 0 aliphatic heterocycles. The van der Waals surface area contributed by atoms with Crippen LogP contribution in [0.5, 0.6) is 0 Å². The first kappa shape index (κ1) is 14.4. The SMILES string of the molecule is C=CC[C@@H](O)C[C@H](O)COC(=O)c1ccccc1. The molecule has 1 aromatic carbocycles. The Kier molecular flexibility index (Phi) is 6.11. The van der Waals surface area contributed by atoms with Gasteiger partial charge in [0.2, 0.25) is 0 Å². The summed E-state index contributed by atoms with van der Waals surface area (Å²) in [5.41, 5.74) is 0.441. The monoisotopic (exact) mass is 250 g/mol. The van der Waals surface area contributed by atoms with Crippen LogP contribution in [0.1, 0.15) is 23.2 Å². The fourth-order valence-corrected chi connectivity index (χ4v) is 1.50. The van der Waals surface area contributed by atoms with Gasteiger partial charge in [-0.25, -0.2) is 4.79 Å². The summed E-state index contributed by atoms with van der Waals surface area (Å²) < 4.78 is 4.94. The molecule has 98 valence electrons. The van der Waals surface area contributed by atoms with Crippen LogP contribution in [-0.4, -0.2) is 35.0 Å². The maximum absolute atomic E-state index is 11.5. The van der Waals surface area contributed by atoms with Crippen LogP contribution in [0.25, 0.3) is 0 Å². The number of aliphatic hydroxyl groups is 2. The van der Waals surface area contributed by atoms with Gasteiger partial charge in [0.15, 0.2) is 0 Å². The number of aliphatic hydroxyl groups excluding tert-OH is 2. The van der Waals surface area contributed by atoms with Crippen molar-refractivity contribution in [3.8, 4) is 0 Å². The van der Waals surface area contributed by atoms with E-state index in [1.54, 1.807) is 36.4 Å². The van der Waals surface area contributed by atoms with E-state index in [9.17, 15) is 15.0 Å². The zero-order valence-corrected chi connectivity index (χ0v) is 10.2. The summed E-state index contributed by atoms with van der Waals surface area (Å²) in [5, 5.41) is 19.0. The third kappa shape index (κ3) is 5.12. The lowest BCUT2D eigenvalue weighted by Crippen LogP contribution is -2.23. The molecule has 0 unspecified atom stereocenters. The number of carbonyl (C=O) groups excluding carboxylic acids is 1. The van der Waals surface area contributed by atoms with Crippen LogP contribution in [0.15, 0.2) is 43.0 Å². The highest BCUT2D eigenvalue weighted by molar-refractivity contribution is 5.89. The normalized spacial score (nSPS) is 13.7. The lowest BCUT2D eigenvalue weighted by Gasteiger charge is -2.14. The average Bonchev–Trinajstić information content (AvgIpc) is 2.37. The van der Waals surface area contributed by atoms with Crippen molar-refractivity contribution >= 4 is 5.97 Å². The largest absolute Gasteiger partial charge is 0.459 e. The highest BCUT2D eigenvalue weighted by Crippen LogP contribution is 2.06. The maximum atomic E-state index is 11.5. The van der Waals surface area contributed by atoms with E-state index in [2.05, 4.69) is 6.58 Å². The fraction of sp³-hybridized carbons (Fsp3) is 0.357. The summed E-state index contributed by atoms with van der Waals surface area (Å²) >= 11 is 0. The van der Waals surface area contributed by atoms with E-state index in [4.69, 9.17) is 4.74 Å². The van der Waals surface area contributed by atoms with Crippen LogP contribution in [0.2, 0.25) is 0 Å². The molecule has 18 heavy (non-hydrogen) atoms. The van der Waals surface area contributed by atoms with Gasteiger partial charge in [0, 0.05) is 6.42 Å². The Morgan fingerprint density at radius 2 is 1.94 bits per heavy atom. The van der Waals surface area contributed by atoms with Crippen molar-refractivity contribution in [3.05, 3.63) is 48.6 Å². The maximum Gasteiger partial charge on any atom is 0.338 e. The Labute approximate surface area is 107 Å². The summed E-state index contributed by atoms with van der Waals surface area (Å²) in [6, 6.07) is 8.56. The standard InChI is InChI=1S/C14H18O4/c1-2-6-12(15)9-13(16)10-18-14(17)11-7-4-3-5-8-11/h2-5,7-8,12-13,15-16H,1,6,9-10H2/t12-,13+/m1/s1. The minimum atomic E-state index is -0.868. The van der Waals surface area contributed by atoms with Crippen molar-refractivity contribution in [2.45, 2.75) is 25.0 Å². The van der Waals surface area contributed by atoms with Crippen molar-refractivity contribution in [1.29, 1.82) is 0 Å². The first-order valence-corrected chi connectivity index (χ1v) is 5.82. The van der Waals surface area contributed by atoms with Crippen molar-refractivity contribution in [2.24, 2.45) is 0 Å². The number of benzene rings is 1. The van der Waals surface area contributed by atoms with Gasteiger partial charge in [-0.1, -0.05) is 24.3 Å². The highest BCUT2D eigenvalue weighted by atomic mass is 16.5. The molecule has 0 saturated heterocycles. The van der Waals surface area contributed by atoms with Crippen LogP contribution in [-0.2, 0) is 4.74 Å². The van der Waals surface area contributed by atoms with Gasteiger partial charge in [-0.3, -0.25) is 0 Å². The third-order valence-electron chi connectivity index (χ3n) is 2.40. The molecule has 0 aromatic heterocycles. The van der Waals surface area contributed by atoms with Crippen LogP contribution >= 0.6 is 0 Å².